The lowest BCUT2D eigenvalue weighted by Crippen LogP contribution is -2.07. The van der Waals surface area contributed by atoms with Gasteiger partial charge in [0.2, 0.25) is 0 Å². The first kappa shape index (κ1) is 29.9. The number of aromatic nitrogens is 2. The second kappa shape index (κ2) is 14.1. The molecule has 0 saturated heterocycles. The highest BCUT2D eigenvalue weighted by molar-refractivity contribution is 6.32. The molecule has 6 heteroatoms. The Morgan fingerprint density at radius 1 is 0.568 bits per heavy atom. The average Bonchev–Trinajstić information content (AvgIpc) is 3.86. The van der Waals surface area contributed by atoms with Crippen LogP contribution in [0.3, 0.4) is 0 Å². The van der Waals surface area contributed by atoms with E-state index in [1.54, 1.807) is 0 Å². The molecule has 1 aromatic heterocycles. The molecule has 6 nitrogen and oxygen atoms in total. The number of hydrogen-bond donors (Lipinski definition) is 0. The summed E-state index contributed by atoms with van der Waals surface area (Å²) in [5.41, 5.74) is 11.0. The molecule has 44 heavy (non-hydrogen) atoms. The van der Waals surface area contributed by atoms with E-state index < -0.39 is 0 Å². The summed E-state index contributed by atoms with van der Waals surface area (Å²) in [6.45, 7) is 4.52. The number of rotatable bonds is 13. The van der Waals surface area contributed by atoms with Gasteiger partial charge in [-0.2, -0.15) is 0 Å². The molecule has 0 unspecified atom stereocenters. The van der Waals surface area contributed by atoms with Crippen LogP contribution in [0.25, 0.3) is 5.57 Å². The summed E-state index contributed by atoms with van der Waals surface area (Å²) in [5, 5.41) is 0. The van der Waals surface area contributed by atoms with E-state index in [0.717, 1.165) is 82.7 Å². The summed E-state index contributed by atoms with van der Waals surface area (Å²) in [4.78, 5) is 25.4. The first-order valence-corrected chi connectivity index (χ1v) is 16.6. The van der Waals surface area contributed by atoms with Crippen LogP contribution < -0.4 is 0 Å². The van der Waals surface area contributed by atoms with Gasteiger partial charge in [-0.25, -0.2) is 25.0 Å². The Kier molecular flexibility index (Phi) is 9.55. The van der Waals surface area contributed by atoms with Crippen molar-refractivity contribution in [3.8, 4) is 0 Å². The maximum absolute atomic E-state index is 5.25. The predicted molar refractivity (Wildman–Crippen MR) is 185 cm³/mol. The number of aliphatic imine (C=N–C) groups is 4. The number of hydrogen-bond acceptors (Lipinski definition) is 5. The first-order chi connectivity index (χ1) is 21.6. The van der Waals surface area contributed by atoms with Gasteiger partial charge in [-0.15, -0.1) is 0 Å². The molecule has 0 aliphatic carbocycles. The predicted octanol–water partition coefficient (Wildman–Crippen LogP) is 9.30. The lowest BCUT2D eigenvalue weighted by molar-refractivity contribution is 0.634. The van der Waals surface area contributed by atoms with Crippen LogP contribution in [0.15, 0.2) is 121 Å². The van der Waals surface area contributed by atoms with Crippen molar-refractivity contribution in [3.05, 3.63) is 107 Å². The molecule has 5 aliphatic rings. The van der Waals surface area contributed by atoms with Crippen LogP contribution in [-0.4, -0.2) is 32.4 Å². The van der Waals surface area contributed by atoms with Gasteiger partial charge in [0.1, 0.15) is 5.82 Å². The van der Waals surface area contributed by atoms with Crippen molar-refractivity contribution < 1.29 is 0 Å². The molecule has 0 radical (unpaired) electrons. The van der Waals surface area contributed by atoms with Crippen molar-refractivity contribution >= 4 is 28.4 Å². The van der Waals surface area contributed by atoms with E-state index in [1.807, 2.05) is 19.4 Å². The fraction of sp³-hybridized carbons (Fsp3) is 0.395. The second-order valence-corrected chi connectivity index (χ2v) is 12.1. The summed E-state index contributed by atoms with van der Waals surface area (Å²) >= 11 is 0. The summed E-state index contributed by atoms with van der Waals surface area (Å²) < 4.78 is 2.05. The molecule has 0 saturated carbocycles. The van der Waals surface area contributed by atoms with E-state index in [0.29, 0.717) is 0 Å². The number of fused-ring (bicyclic) bond motifs is 4. The Morgan fingerprint density at radius 3 is 1.86 bits per heavy atom. The van der Waals surface area contributed by atoms with Crippen molar-refractivity contribution in [2.75, 3.05) is 0 Å². The molecule has 0 aromatic carbocycles. The highest BCUT2D eigenvalue weighted by Gasteiger charge is 2.25. The monoisotopic (exact) mass is 584 g/mol. The zero-order valence-electron chi connectivity index (χ0n) is 26.5. The quantitative estimate of drug-likeness (QED) is 0.213. The highest BCUT2D eigenvalue weighted by atomic mass is 15.0. The van der Waals surface area contributed by atoms with Gasteiger partial charge >= 0.3 is 0 Å². The molecule has 0 N–H and O–H groups in total. The van der Waals surface area contributed by atoms with Gasteiger partial charge in [-0.05, 0) is 80.4 Å². The van der Waals surface area contributed by atoms with Gasteiger partial charge in [0, 0.05) is 30.6 Å². The fourth-order valence-electron chi connectivity index (χ4n) is 6.30. The van der Waals surface area contributed by atoms with Crippen molar-refractivity contribution in [1.82, 2.24) is 9.55 Å². The minimum Gasteiger partial charge on any atom is -0.334 e. The Hall–Kier alpha value is -4.19. The molecule has 6 rings (SSSR count). The number of nitrogens with zero attached hydrogens (tertiary/aromatic N) is 6. The van der Waals surface area contributed by atoms with Crippen LogP contribution in [0.5, 0.6) is 0 Å². The maximum atomic E-state index is 5.25. The molecule has 8 bridgehead atoms. The lowest BCUT2D eigenvalue weighted by atomic mass is 10.00. The van der Waals surface area contributed by atoms with Crippen molar-refractivity contribution in [3.63, 3.8) is 0 Å². The van der Waals surface area contributed by atoms with Crippen molar-refractivity contribution in [2.45, 2.75) is 90.9 Å². The second-order valence-electron chi connectivity index (χ2n) is 12.1. The molecular formula is C38H44N6. The Bertz CT molecular complexity index is 1660. The minimum atomic E-state index is 0.861. The molecule has 0 fully saturated rings. The maximum Gasteiger partial charge on any atom is 0.144 e. The van der Waals surface area contributed by atoms with E-state index in [-0.39, 0.29) is 0 Å². The topological polar surface area (TPSA) is 67.3 Å². The zero-order valence-corrected chi connectivity index (χ0v) is 26.5. The van der Waals surface area contributed by atoms with Crippen LogP contribution in [0, 0.1) is 0 Å². The lowest BCUT2D eigenvalue weighted by Gasteiger charge is -2.11. The Morgan fingerprint density at radius 2 is 1.16 bits per heavy atom. The minimum absolute atomic E-state index is 0.861. The molecule has 0 amide bonds. The van der Waals surface area contributed by atoms with Crippen molar-refractivity contribution in [2.24, 2.45) is 27.0 Å². The molecule has 5 aliphatic heterocycles. The average molecular weight is 585 g/mol. The summed E-state index contributed by atoms with van der Waals surface area (Å²) in [6.07, 6.45) is 37.1. The molecule has 226 valence electrons. The van der Waals surface area contributed by atoms with E-state index in [2.05, 4.69) is 73.1 Å². The molecule has 1 aromatic rings. The normalized spacial score (nSPS) is 18.6. The van der Waals surface area contributed by atoms with E-state index in [9.17, 15) is 0 Å². The van der Waals surface area contributed by atoms with E-state index in [4.69, 9.17) is 25.0 Å². The largest absolute Gasteiger partial charge is 0.334 e. The van der Waals surface area contributed by atoms with Crippen LogP contribution in [0.1, 0.15) is 96.7 Å². The third-order valence-corrected chi connectivity index (χ3v) is 8.75. The smallest absolute Gasteiger partial charge is 0.144 e. The molecule has 0 atom stereocenters. The number of allylic oxidation sites excluding steroid dienone is 12. The summed E-state index contributed by atoms with van der Waals surface area (Å²) in [5.74, 6) is 0.861. The zero-order chi connectivity index (χ0) is 30.3. The Balaban J connectivity index is 1.46. The summed E-state index contributed by atoms with van der Waals surface area (Å²) in [6, 6.07) is 0. The van der Waals surface area contributed by atoms with Gasteiger partial charge < -0.3 is 4.57 Å². The van der Waals surface area contributed by atoms with Gasteiger partial charge in [-0.3, -0.25) is 0 Å². The molecule has 0 spiro atoms. The van der Waals surface area contributed by atoms with Crippen molar-refractivity contribution in [1.29, 1.82) is 0 Å². The van der Waals surface area contributed by atoms with Crippen LogP contribution in [0.2, 0.25) is 0 Å². The molecule has 6 heterocycles. The number of unbranched alkanes of at least 4 members (excludes halogenated alkanes) is 8. The van der Waals surface area contributed by atoms with Crippen LogP contribution in [0.4, 0.5) is 0 Å². The van der Waals surface area contributed by atoms with Gasteiger partial charge in [0.05, 0.1) is 51.2 Å². The van der Waals surface area contributed by atoms with Gasteiger partial charge in [-0.1, -0.05) is 65.2 Å². The SMILES string of the molecule is CCCCCCCC1=C2C=CC(=N2)C=C2C=CC(=N2)C(CCCCCCC)=C2C=CC(=N2)C(c2nccn2C)=C2C=CC1=N2. The number of aryl methyl sites for hydroxylation is 1. The third-order valence-electron chi connectivity index (χ3n) is 8.75. The Labute approximate surface area is 262 Å². The fourth-order valence-corrected chi connectivity index (χ4v) is 6.30. The van der Waals surface area contributed by atoms with Crippen LogP contribution >= 0.6 is 0 Å². The standard InChI is InChI=1S/C38H44N6/c1-4-6-8-10-12-14-29-31-18-16-27(40-31)26-28-17-19-32(41-28)30(15-13-11-9-7-5-2)34-21-23-36(43-34)37(35-22-20-33(29)42-35)38-39-24-25-44(38)3/h16-26H,4-15H2,1-3H3. The first-order valence-electron chi connectivity index (χ1n) is 16.6. The van der Waals surface area contributed by atoms with Crippen LogP contribution in [-0.2, 0) is 7.05 Å². The summed E-state index contributed by atoms with van der Waals surface area (Å²) in [7, 11) is 2.03. The third kappa shape index (κ3) is 6.64. The van der Waals surface area contributed by atoms with E-state index in [1.165, 1.54) is 62.5 Å². The van der Waals surface area contributed by atoms with E-state index >= 15 is 0 Å². The highest BCUT2D eigenvalue weighted by Crippen LogP contribution is 2.33. The number of imidazole rings is 1. The molecular weight excluding hydrogens is 540 g/mol. The van der Waals surface area contributed by atoms with Gasteiger partial charge in [0.25, 0.3) is 0 Å². The van der Waals surface area contributed by atoms with Gasteiger partial charge in [0.15, 0.2) is 0 Å².